The zero-order chi connectivity index (χ0) is 18.1. The minimum Gasteiger partial charge on any atom is -0.0683 e. The number of hydrogen-bond acceptors (Lipinski definition) is 0. The summed E-state index contributed by atoms with van der Waals surface area (Å²) in [6.07, 6.45) is 15.9. The van der Waals surface area contributed by atoms with Gasteiger partial charge < -0.3 is 0 Å². The SMILES string of the molecule is CC.CCC1CCCC(CC(C)CCC(C)C)C1.CCCCC. The van der Waals surface area contributed by atoms with Gasteiger partial charge in [0.15, 0.2) is 0 Å². The molecule has 0 saturated heterocycles. The van der Waals surface area contributed by atoms with Crippen molar-refractivity contribution >= 4 is 0 Å². The molecule has 0 heteroatoms. The molecular weight excluding hydrogens is 276 g/mol. The van der Waals surface area contributed by atoms with Crippen molar-refractivity contribution in [3.8, 4) is 0 Å². The Labute approximate surface area is 150 Å². The first kappa shape index (κ1) is 25.2. The van der Waals surface area contributed by atoms with Gasteiger partial charge in [-0.05, 0) is 36.5 Å². The van der Waals surface area contributed by atoms with Crippen molar-refractivity contribution in [1.82, 2.24) is 0 Å². The van der Waals surface area contributed by atoms with Crippen molar-refractivity contribution in [3.63, 3.8) is 0 Å². The number of hydrogen-bond donors (Lipinski definition) is 0. The van der Waals surface area contributed by atoms with Gasteiger partial charge in [-0.1, -0.05) is 113 Å². The fourth-order valence-corrected chi connectivity index (χ4v) is 3.65. The maximum atomic E-state index is 2.47. The van der Waals surface area contributed by atoms with E-state index >= 15 is 0 Å². The average molecular weight is 327 g/mol. The van der Waals surface area contributed by atoms with Gasteiger partial charge in [-0.15, -0.1) is 0 Å². The molecule has 0 heterocycles. The van der Waals surface area contributed by atoms with Crippen LogP contribution in [0.3, 0.4) is 0 Å². The van der Waals surface area contributed by atoms with Crippen LogP contribution in [-0.4, -0.2) is 0 Å². The van der Waals surface area contributed by atoms with Crippen LogP contribution in [-0.2, 0) is 0 Å². The molecule has 3 atom stereocenters. The van der Waals surface area contributed by atoms with Gasteiger partial charge in [0.1, 0.15) is 0 Å². The first-order valence-electron chi connectivity index (χ1n) is 11.0. The van der Waals surface area contributed by atoms with Crippen LogP contribution in [0.1, 0.15) is 126 Å². The minimum absolute atomic E-state index is 0.886. The summed E-state index contributed by atoms with van der Waals surface area (Å²) in [7, 11) is 0. The molecule has 23 heavy (non-hydrogen) atoms. The Kier molecular flexibility index (Phi) is 20.1. The maximum Gasteiger partial charge on any atom is -0.0409 e. The van der Waals surface area contributed by atoms with Gasteiger partial charge in [-0.25, -0.2) is 0 Å². The van der Waals surface area contributed by atoms with Crippen molar-refractivity contribution in [1.29, 1.82) is 0 Å². The standard InChI is InChI=1S/C16H32.C5H12.C2H6/c1-5-15-7-6-8-16(12-15)11-14(4)10-9-13(2)3;1-3-5-4-2;1-2/h13-16H,5-12H2,1-4H3;3-5H2,1-2H3;1-2H3. The fourth-order valence-electron chi connectivity index (χ4n) is 3.65. The van der Waals surface area contributed by atoms with Crippen LogP contribution in [0.5, 0.6) is 0 Å². The summed E-state index contributed by atoms with van der Waals surface area (Å²) >= 11 is 0. The molecule has 1 aliphatic rings. The lowest BCUT2D eigenvalue weighted by Crippen LogP contribution is -2.17. The van der Waals surface area contributed by atoms with Crippen LogP contribution < -0.4 is 0 Å². The van der Waals surface area contributed by atoms with Crippen LogP contribution in [0.4, 0.5) is 0 Å². The topological polar surface area (TPSA) is 0 Å². The molecule has 0 aromatic heterocycles. The lowest BCUT2D eigenvalue weighted by atomic mass is 9.76. The van der Waals surface area contributed by atoms with E-state index in [1.54, 1.807) is 0 Å². The molecule has 0 spiro atoms. The second kappa shape index (κ2) is 18.3. The molecule has 0 amide bonds. The summed E-state index contributed by atoms with van der Waals surface area (Å²) in [6.45, 7) is 18.0. The molecule has 0 bridgehead atoms. The van der Waals surface area contributed by atoms with Gasteiger partial charge in [0.05, 0.1) is 0 Å². The number of rotatable bonds is 8. The molecule has 0 aliphatic heterocycles. The molecular formula is C23H50. The predicted octanol–water partition coefficient (Wildman–Crippen LogP) is 8.89. The molecule has 1 aliphatic carbocycles. The van der Waals surface area contributed by atoms with Crippen molar-refractivity contribution in [2.45, 2.75) is 126 Å². The lowest BCUT2D eigenvalue weighted by molar-refractivity contribution is 0.221. The lowest BCUT2D eigenvalue weighted by Gasteiger charge is -2.30. The van der Waals surface area contributed by atoms with E-state index in [1.807, 2.05) is 13.8 Å². The van der Waals surface area contributed by atoms with E-state index in [2.05, 4.69) is 41.5 Å². The van der Waals surface area contributed by atoms with Crippen LogP contribution in [0.2, 0.25) is 0 Å². The van der Waals surface area contributed by atoms with Crippen molar-refractivity contribution < 1.29 is 0 Å². The van der Waals surface area contributed by atoms with Crippen LogP contribution in [0.15, 0.2) is 0 Å². The summed E-state index contributed by atoms with van der Waals surface area (Å²) < 4.78 is 0. The highest BCUT2D eigenvalue weighted by Crippen LogP contribution is 2.35. The predicted molar refractivity (Wildman–Crippen MR) is 110 cm³/mol. The molecule has 142 valence electrons. The van der Waals surface area contributed by atoms with Gasteiger partial charge in [-0.2, -0.15) is 0 Å². The zero-order valence-electron chi connectivity index (χ0n) is 18.1. The molecule has 0 aromatic rings. The molecule has 1 saturated carbocycles. The van der Waals surface area contributed by atoms with Gasteiger partial charge in [0, 0.05) is 0 Å². The van der Waals surface area contributed by atoms with E-state index in [0.717, 1.165) is 23.7 Å². The maximum absolute atomic E-state index is 2.47. The van der Waals surface area contributed by atoms with Gasteiger partial charge in [0.25, 0.3) is 0 Å². The molecule has 1 fully saturated rings. The van der Waals surface area contributed by atoms with Gasteiger partial charge in [0.2, 0.25) is 0 Å². The number of unbranched alkanes of at least 4 members (excludes halogenated alkanes) is 2. The summed E-state index contributed by atoms with van der Waals surface area (Å²) in [5, 5.41) is 0. The Bertz CT molecular complexity index is 204. The third kappa shape index (κ3) is 16.6. The van der Waals surface area contributed by atoms with E-state index in [4.69, 9.17) is 0 Å². The Morgan fingerprint density at radius 1 is 0.826 bits per heavy atom. The third-order valence-corrected chi connectivity index (χ3v) is 5.15. The summed E-state index contributed by atoms with van der Waals surface area (Å²) in [5.74, 6) is 3.96. The molecule has 0 radical (unpaired) electrons. The van der Waals surface area contributed by atoms with Gasteiger partial charge >= 0.3 is 0 Å². The van der Waals surface area contributed by atoms with Gasteiger partial charge in [-0.3, -0.25) is 0 Å². The van der Waals surface area contributed by atoms with Crippen molar-refractivity contribution in [2.24, 2.45) is 23.7 Å². The Hall–Kier alpha value is 0. The van der Waals surface area contributed by atoms with E-state index in [-0.39, 0.29) is 0 Å². The molecule has 1 rings (SSSR count). The second-order valence-electron chi connectivity index (χ2n) is 7.97. The Morgan fingerprint density at radius 2 is 1.39 bits per heavy atom. The largest absolute Gasteiger partial charge is 0.0683 e. The van der Waals surface area contributed by atoms with Crippen LogP contribution in [0.25, 0.3) is 0 Å². The highest BCUT2D eigenvalue weighted by molar-refractivity contribution is 4.74. The third-order valence-electron chi connectivity index (χ3n) is 5.15. The molecule has 0 aromatic carbocycles. The smallest absolute Gasteiger partial charge is 0.0409 e. The Morgan fingerprint density at radius 3 is 1.83 bits per heavy atom. The fraction of sp³-hybridized carbons (Fsp3) is 1.00. The highest BCUT2D eigenvalue weighted by atomic mass is 14.3. The van der Waals surface area contributed by atoms with Crippen LogP contribution >= 0.6 is 0 Å². The summed E-state index contributed by atoms with van der Waals surface area (Å²) in [5.41, 5.74) is 0. The van der Waals surface area contributed by atoms with E-state index in [9.17, 15) is 0 Å². The monoisotopic (exact) mass is 326 g/mol. The van der Waals surface area contributed by atoms with E-state index in [0.29, 0.717) is 0 Å². The summed E-state index contributed by atoms with van der Waals surface area (Å²) in [4.78, 5) is 0. The van der Waals surface area contributed by atoms with Crippen molar-refractivity contribution in [3.05, 3.63) is 0 Å². The molecule has 0 nitrogen and oxygen atoms in total. The average Bonchev–Trinajstić information content (AvgIpc) is 2.56. The summed E-state index contributed by atoms with van der Waals surface area (Å²) in [6, 6.07) is 0. The molecule has 3 unspecified atom stereocenters. The van der Waals surface area contributed by atoms with Crippen molar-refractivity contribution in [2.75, 3.05) is 0 Å². The van der Waals surface area contributed by atoms with E-state index in [1.165, 1.54) is 70.6 Å². The minimum atomic E-state index is 0.886. The zero-order valence-corrected chi connectivity index (χ0v) is 18.1. The Balaban J connectivity index is 0. The first-order chi connectivity index (χ1) is 11.0. The van der Waals surface area contributed by atoms with E-state index < -0.39 is 0 Å². The quantitative estimate of drug-likeness (QED) is 0.417. The molecule has 0 N–H and O–H groups in total. The second-order valence-corrected chi connectivity index (χ2v) is 7.97. The highest BCUT2D eigenvalue weighted by Gasteiger charge is 2.22. The first-order valence-corrected chi connectivity index (χ1v) is 11.0. The normalized spacial score (nSPS) is 21.8. The van der Waals surface area contributed by atoms with Crippen LogP contribution in [0, 0.1) is 23.7 Å².